The Morgan fingerprint density at radius 1 is 1.42 bits per heavy atom. The molecule has 0 fully saturated rings. The van der Waals surface area contributed by atoms with Crippen molar-refractivity contribution >= 4 is 16.0 Å². The standard InChI is InChI=1S/C10H8F2N2O4S/c11-6-2-3-7(9(12)8(6)10(15)16)19(17,18)14-5-1-4-13/h2-3,14H,1,5H2,(H,15,16). The molecule has 0 radical (unpaired) electrons. The molecule has 0 aliphatic carbocycles. The number of carboxylic acid groups (broad SMARTS) is 1. The van der Waals surface area contributed by atoms with Gasteiger partial charge in [0, 0.05) is 13.0 Å². The fourth-order valence-corrected chi connectivity index (χ4v) is 2.37. The lowest BCUT2D eigenvalue weighted by Gasteiger charge is -2.08. The van der Waals surface area contributed by atoms with Gasteiger partial charge >= 0.3 is 5.97 Å². The van der Waals surface area contributed by atoms with E-state index in [1.807, 2.05) is 4.72 Å². The summed E-state index contributed by atoms with van der Waals surface area (Å²) in [5.41, 5.74) is -1.34. The summed E-state index contributed by atoms with van der Waals surface area (Å²) in [6, 6.07) is 2.83. The van der Waals surface area contributed by atoms with E-state index in [2.05, 4.69) is 0 Å². The lowest BCUT2D eigenvalue weighted by atomic mass is 10.2. The molecular formula is C10H8F2N2O4S. The third-order valence-electron chi connectivity index (χ3n) is 2.09. The van der Waals surface area contributed by atoms with Crippen LogP contribution in [0.3, 0.4) is 0 Å². The molecule has 0 amide bonds. The number of nitriles is 1. The molecule has 0 heterocycles. The van der Waals surface area contributed by atoms with Crippen molar-refractivity contribution in [1.82, 2.24) is 4.72 Å². The first-order chi connectivity index (χ1) is 8.81. The van der Waals surface area contributed by atoms with Crippen LogP contribution in [0.5, 0.6) is 0 Å². The number of nitrogens with zero attached hydrogens (tertiary/aromatic N) is 1. The molecule has 1 aromatic carbocycles. The van der Waals surface area contributed by atoms with E-state index in [9.17, 15) is 22.0 Å². The minimum atomic E-state index is -4.34. The van der Waals surface area contributed by atoms with Crippen molar-refractivity contribution < 1.29 is 27.1 Å². The molecule has 1 aromatic rings. The number of carbonyl (C=O) groups is 1. The van der Waals surface area contributed by atoms with E-state index in [1.165, 1.54) is 0 Å². The molecular weight excluding hydrogens is 282 g/mol. The fourth-order valence-electron chi connectivity index (χ4n) is 1.26. The van der Waals surface area contributed by atoms with Crippen molar-refractivity contribution in [3.8, 4) is 6.07 Å². The molecule has 6 nitrogen and oxygen atoms in total. The first-order valence-corrected chi connectivity index (χ1v) is 6.37. The molecule has 0 saturated carbocycles. The Hall–Kier alpha value is -2.05. The second-order valence-electron chi connectivity index (χ2n) is 3.35. The van der Waals surface area contributed by atoms with Gasteiger partial charge in [-0.2, -0.15) is 5.26 Å². The van der Waals surface area contributed by atoms with Crippen LogP contribution in [0.1, 0.15) is 16.8 Å². The molecule has 0 spiro atoms. The van der Waals surface area contributed by atoms with Crippen LogP contribution in [-0.4, -0.2) is 26.0 Å². The van der Waals surface area contributed by atoms with Crippen molar-refractivity contribution in [2.24, 2.45) is 0 Å². The highest BCUT2D eigenvalue weighted by molar-refractivity contribution is 7.89. The zero-order chi connectivity index (χ0) is 14.6. The van der Waals surface area contributed by atoms with E-state index in [4.69, 9.17) is 10.4 Å². The summed E-state index contributed by atoms with van der Waals surface area (Å²) in [6.45, 7) is -0.266. The van der Waals surface area contributed by atoms with Gasteiger partial charge in [-0.25, -0.2) is 26.7 Å². The largest absolute Gasteiger partial charge is 0.477 e. The number of hydrogen-bond donors (Lipinski definition) is 2. The lowest BCUT2D eigenvalue weighted by molar-refractivity contribution is 0.0685. The van der Waals surface area contributed by atoms with Gasteiger partial charge in [-0.1, -0.05) is 0 Å². The van der Waals surface area contributed by atoms with Gasteiger partial charge in [-0.15, -0.1) is 0 Å². The molecule has 0 saturated heterocycles. The van der Waals surface area contributed by atoms with Crippen molar-refractivity contribution in [2.75, 3.05) is 6.54 Å². The van der Waals surface area contributed by atoms with Crippen LogP contribution < -0.4 is 4.72 Å². The third kappa shape index (κ3) is 3.24. The van der Waals surface area contributed by atoms with Gasteiger partial charge in [-0.05, 0) is 12.1 Å². The van der Waals surface area contributed by atoms with E-state index in [-0.39, 0.29) is 13.0 Å². The molecule has 19 heavy (non-hydrogen) atoms. The molecule has 0 atom stereocenters. The number of rotatable bonds is 5. The summed E-state index contributed by atoms with van der Waals surface area (Å²) in [6.07, 6.45) is -0.145. The quantitative estimate of drug-likeness (QED) is 0.782. The van der Waals surface area contributed by atoms with Crippen LogP contribution in [-0.2, 0) is 10.0 Å². The van der Waals surface area contributed by atoms with Gasteiger partial charge in [0.15, 0.2) is 5.82 Å². The van der Waals surface area contributed by atoms with Crippen molar-refractivity contribution in [1.29, 1.82) is 5.26 Å². The monoisotopic (exact) mass is 290 g/mol. The predicted octanol–water partition coefficient (Wildman–Crippen LogP) is 0.855. The van der Waals surface area contributed by atoms with Crippen LogP contribution in [0, 0.1) is 23.0 Å². The van der Waals surface area contributed by atoms with Crippen LogP contribution in [0.4, 0.5) is 8.78 Å². The van der Waals surface area contributed by atoms with Crippen LogP contribution >= 0.6 is 0 Å². The highest BCUT2D eigenvalue weighted by atomic mass is 32.2. The lowest BCUT2D eigenvalue weighted by Crippen LogP contribution is -2.26. The van der Waals surface area contributed by atoms with Gasteiger partial charge in [0.1, 0.15) is 16.3 Å². The summed E-state index contributed by atoms with van der Waals surface area (Å²) < 4.78 is 52.0. The Labute approximate surface area is 107 Å². The van der Waals surface area contributed by atoms with Crippen molar-refractivity contribution in [3.63, 3.8) is 0 Å². The topological polar surface area (TPSA) is 107 Å². The predicted molar refractivity (Wildman–Crippen MR) is 58.7 cm³/mol. The maximum atomic E-state index is 13.7. The Kier molecular flexibility index (Phi) is 4.52. The SMILES string of the molecule is N#CCCNS(=O)(=O)c1ccc(F)c(C(=O)O)c1F. The Morgan fingerprint density at radius 3 is 2.58 bits per heavy atom. The van der Waals surface area contributed by atoms with E-state index >= 15 is 0 Å². The first-order valence-electron chi connectivity index (χ1n) is 4.89. The van der Waals surface area contributed by atoms with E-state index in [0.29, 0.717) is 12.1 Å². The number of carboxylic acids is 1. The van der Waals surface area contributed by atoms with Crippen LogP contribution in [0.25, 0.3) is 0 Å². The average Bonchev–Trinajstić information content (AvgIpc) is 2.28. The van der Waals surface area contributed by atoms with Crippen molar-refractivity contribution in [2.45, 2.75) is 11.3 Å². The zero-order valence-electron chi connectivity index (χ0n) is 9.35. The maximum absolute atomic E-state index is 13.7. The van der Waals surface area contributed by atoms with E-state index < -0.39 is 38.1 Å². The Morgan fingerprint density at radius 2 is 2.05 bits per heavy atom. The normalized spacial score (nSPS) is 11.0. The first kappa shape index (κ1) is 15.0. The van der Waals surface area contributed by atoms with E-state index in [1.54, 1.807) is 6.07 Å². The van der Waals surface area contributed by atoms with E-state index in [0.717, 1.165) is 0 Å². The van der Waals surface area contributed by atoms with Gasteiger partial charge in [0.25, 0.3) is 0 Å². The second-order valence-corrected chi connectivity index (χ2v) is 5.08. The Balaban J connectivity index is 3.26. The summed E-state index contributed by atoms with van der Waals surface area (Å²) in [5, 5.41) is 16.9. The molecule has 0 bridgehead atoms. The fraction of sp³-hybridized carbons (Fsp3) is 0.200. The molecule has 0 aliphatic heterocycles. The second kappa shape index (κ2) is 5.73. The highest BCUT2D eigenvalue weighted by Crippen LogP contribution is 2.20. The number of sulfonamides is 1. The minimum absolute atomic E-state index is 0.145. The molecule has 2 N–H and O–H groups in total. The number of halogens is 2. The molecule has 0 aromatic heterocycles. The molecule has 0 unspecified atom stereocenters. The summed E-state index contributed by atoms with van der Waals surface area (Å²) >= 11 is 0. The number of benzene rings is 1. The summed E-state index contributed by atoms with van der Waals surface area (Å²) in [7, 11) is -4.34. The van der Waals surface area contributed by atoms with Gasteiger partial charge in [-0.3, -0.25) is 0 Å². The van der Waals surface area contributed by atoms with Gasteiger partial charge in [0.05, 0.1) is 6.07 Å². The number of aromatic carboxylic acids is 1. The zero-order valence-corrected chi connectivity index (χ0v) is 10.2. The summed E-state index contributed by atoms with van der Waals surface area (Å²) in [4.78, 5) is 9.66. The van der Waals surface area contributed by atoms with Gasteiger partial charge < -0.3 is 5.11 Å². The average molecular weight is 290 g/mol. The smallest absolute Gasteiger partial charge is 0.341 e. The van der Waals surface area contributed by atoms with Crippen LogP contribution in [0.15, 0.2) is 17.0 Å². The Bertz CT molecular complexity index is 652. The molecule has 9 heteroatoms. The van der Waals surface area contributed by atoms with Crippen LogP contribution in [0.2, 0.25) is 0 Å². The number of hydrogen-bond acceptors (Lipinski definition) is 4. The molecule has 1 rings (SSSR count). The minimum Gasteiger partial charge on any atom is -0.477 e. The molecule has 102 valence electrons. The van der Waals surface area contributed by atoms with Crippen molar-refractivity contribution in [3.05, 3.63) is 29.3 Å². The third-order valence-corrected chi connectivity index (χ3v) is 3.57. The number of nitrogens with one attached hydrogen (secondary N) is 1. The van der Waals surface area contributed by atoms with Gasteiger partial charge in [0.2, 0.25) is 10.0 Å². The molecule has 0 aliphatic rings. The maximum Gasteiger partial charge on any atom is 0.341 e. The summed E-state index contributed by atoms with van der Waals surface area (Å²) in [5.74, 6) is -4.97. The highest BCUT2D eigenvalue weighted by Gasteiger charge is 2.26.